The number of para-hydroxylation sites is 1. The van der Waals surface area contributed by atoms with E-state index < -0.39 is 0 Å². The normalized spacial score (nSPS) is 11.3. The largest absolute Gasteiger partial charge is 0.350 e. The topological polar surface area (TPSA) is 46.9 Å². The number of carbonyl (C=O) groups excluding carboxylic acids is 1. The highest BCUT2D eigenvalue weighted by molar-refractivity contribution is 7.13. The maximum atomic E-state index is 11.9. The third kappa shape index (κ3) is 3.81. The number of aromatic nitrogens is 2. The zero-order valence-corrected chi connectivity index (χ0v) is 14.5. The molecule has 0 aliphatic rings. The summed E-state index contributed by atoms with van der Waals surface area (Å²) in [5.74, 6) is -0.102. The van der Waals surface area contributed by atoms with E-state index in [0.717, 1.165) is 21.8 Å². The van der Waals surface area contributed by atoms with Gasteiger partial charge in [0.25, 0.3) is 0 Å². The Balaban J connectivity index is 1.96. The van der Waals surface area contributed by atoms with Crippen LogP contribution in [0.1, 0.15) is 19.4 Å². The minimum absolute atomic E-state index is 0.102. The summed E-state index contributed by atoms with van der Waals surface area (Å²) in [6, 6.07) is 14.1. The lowest BCUT2D eigenvalue weighted by Crippen LogP contribution is -2.28. The van der Waals surface area contributed by atoms with Gasteiger partial charge in [-0.05, 0) is 43.5 Å². The Kier molecular flexibility index (Phi) is 4.91. The van der Waals surface area contributed by atoms with Gasteiger partial charge in [-0.15, -0.1) is 11.3 Å². The van der Waals surface area contributed by atoms with Crippen LogP contribution in [-0.2, 0) is 4.79 Å². The quantitative estimate of drug-likeness (QED) is 0.711. The van der Waals surface area contributed by atoms with E-state index in [4.69, 9.17) is 5.10 Å². The molecule has 0 bridgehead atoms. The predicted molar refractivity (Wildman–Crippen MR) is 99.2 cm³/mol. The van der Waals surface area contributed by atoms with Crippen LogP contribution in [0.3, 0.4) is 0 Å². The van der Waals surface area contributed by atoms with Crippen LogP contribution < -0.4 is 5.32 Å². The molecule has 1 aromatic carbocycles. The molecule has 3 rings (SSSR count). The smallest absolute Gasteiger partial charge is 0.244 e. The van der Waals surface area contributed by atoms with Crippen molar-refractivity contribution in [3.8, 4) is 16.3 Å². The number of nitrogens with one attached hydrogen (secondary N) is 1. The van der Waals surface area contributed by atoms with Gasteiger partial charge in [0.15, 0.2) is 0 Å². The van der Waals surface area contributed by atoms with Gasteiger partial charge in [-0.3, -0.25) is 4.79 Å². The van der Waals surface area contributed by atoms with Gasteiger partial charge in [0, 0.05) is 23.9 Å². The van der Waals surface area contributed by atoms with E-state index in [-0.39, 0.29) is 11.9 Å². The van der Waals surface area contributed by atoms with Crippen molar-refractivity contribution in [1.82, 2.24) is 15.1 Å². The Morgan fingerprint density at radius 3 is 2.67 bits per heavy atom. The lowest BCUT2D eigenvalue weighted by atomic mass is 10.2. The molecule has 0 saturated carbocycles. The van der Waals surface area contributed by atoms with E-state index >= 15 is 0 Å². The SMILES string of the molecule is CC(C)NC(=O)C=Cc1cn(-c2ccccc2)nc1-c1cccs1. The molecule has 0 saturated heterocycles. The van der Waals surface area contributed by atoms with Crippen molar-refractivity contribution in [3.63, 3.8) is 0 Å². The van der Waals surface area contributed by atoms with Crippen LogP contribution in [-0.4, -0.2) is 21.7 Å². The van der Waals surface area contributed by atoms with Gasteiger partial charge in [0.2, 0.25) is 5.91 Å². The molecule has 0 unspecified atom stereocenters. The maximum absolute atomic E-state index is 11.9. The third-order valence-electron chi connectivity index (χ3n) is 3.36. The molecular formula is C19H19N3OS. The van der Waals surface area contributed by atoms with Crippen LogP contribution in [0.15, 0.2) is 60.1 Å². The molecule has 1 N–H and O–H groups in total. The van der Waals surface area contributed by atoms with Crippen LogP contribution in [0, 0.1) is 0 Å². The fourth-order valence-corrected chi connectivity index (χ4v) is 3.06. The fraction of sp³-hybridized carbons (Fsp3) is 0.158. The van der Waals surface area contributed by atoms with Gasteiger partial charge in [-0.2, -0.15) is 5.10 Å². The Hall–Kier alpha value is -2.66. The number of hydrogen-bond acceptors (Lipinski definition) is 3. The van der Waals surface area contributed by atoms with Crippen molar-refractivity contribution in [2.45, 2.75) is 19.9 Å². The number of carbonyl (C=O) groups is 1. The average molecular weight is 337 g/mol. The standard InChI is InChI=1S/C19H19N3OS/c1-14(2)20-18(23)11-10-15-13-22(16-7-4-3-5-8-16)21-19(15)17-9-6-12-24-17/h3-14H,1-2H3,(H,20,23). The van der Waals surface area contributed by atoms with Crippen molar-refractivity contribution in [2.75, 3.05) is 0 Å². The van der Waals surface area contributed by atoms with E-state index in [1.54, 1.807) is 17.4 Å². The van der Waals surface area contributed by atoms with E-state index in [2.05, 4.69) is 5.32 Å². The molecule has 0 atom stereocenters. The second-order valence-corrected chi connectivity index (χ2v) is 6.63. The molecule has 0 aliphatic heterocycles. The molecule has 0 radical (unpaired) electrons. The summed E-state index contributed by atoms with van der Waals surface area (Å²) in [5.41, 5.74) is 2.78. The third-order valence-corrected chi connectivity index (χ3v) is 4.24. The second kappa shape index (κ2) is 7.27. The van der Waals surface area contributed by atoms with E-state index in [9.17, 15) is 4.79 Å². The average Bonchev–Trinajstić information content (AvgIpc) is 3.22. The lowest BCUT2D eigenvalue weighted by Gasteiger charge is -2.03. The van der Waals surface area contributed by atoms with E-state index in [1.165, 1.54) is 0 Å². The van der Waals surface area contributed by atoms with Crippen molar-refractivity contribution < 1.29 is 4.79 Å². The van der Waals surface area contributed by atoms with Crippen LogP contribution in [0.4, 0.5) is 0 Å². The molecule has 0 aliphatic carbocycles. The van der Waals surface area contributed by atoms with Crippen molar-refractivity contribution >= 4 is 23.3 Å². The molecule has 0 spiro atoms. The van der Waals surface area contributed by atoms with E-state index in [1.807, 2.05) is 78.6 Å². The first-order valence-corrected chi connectivity index (χ1v) is 8.69. The minimum Gasteiger partial charge on any atom is -0.350 e. The molecule has 4 nitrogen and oxygen atoms in total. The molecule has 0 fully saturated rings. The van der Waals surface area contributed by atoms with Gasteiger partial charge in [0.05, 0.1) is 10.6 Å². The summed E-state index contributed by atoms with van der Waals surface area (Å²) < 4.78 is 1.84. The summed E-state index contributed by atoms with van der Waals surface area (Å²) in [7, 11) is 0. The zero-order chi connectivity index (χ0) is 16.9. The highest BCUT2D eigenvalue weighted by Crippen LogP contribution is 2.28. The summed E-state index contributed by atoms with van der Waals surface area (Å²) in [6.07, 6.45) is 5.33. The molecule has 122 valence electrons. The Morgan fingerprint density at radius 2 is 2.00 bits per heavy atom. The zero-order valence-electron chi connectivity index (χ0n) is 13.6. The summed E-state index contributed by atoms with van der Waals surface area (Å²) >= 11 is 1.63. The minimum atomic E-state index is -0.102. The first-order valence-electron chi connectivity index (χ1n) is 7.81. The van der Waals surface area contributed by atoms with Gasteiger partial charge in [-0.1, -0.05) is 24.3 Å². The van der Waals surface area contributed by atoms with Crippen LogP contribution in [0.5, 0.6) is 0 Å². The van der Waals surface area contributed by atoms with Crippen LogP contribution in [0.2, 0.25) is 0 Å². The molecule has 5 heteroatoms. The monoisotopic (exact) mass is 337 g/mol. The number of rotatable bonds is 5. The van der Waals surface area contributed by atoms with Gasteiger partial charge >= 0.3 is 0 Å². The second-order valence-electron chi connectivity index (χ2n) is 5.69. The van der Waals surface area contributed by atoms with Crippen molar-refractivity contribution in [2.24, 2.45) is 0 Å². The highest BCUT2D eigenvalue weighted by Gasteiger charge is 2.11. The number of benzene rings is 1. The molecule has 2 aromatic heterocycles. The Morgan fingerprint density at radius 1 is 1.21 bits per heavy atom. The van der Waals surface area contributed by atoms with Gasteiger partial charge in [-0.25, -0.2) is 4.68 Å². The first-order chi connectivity index (χ1) is 11.6. The summed E-state index contributed by atoms with van der Waals surface area (Å²) in [5, 5.41) is 9.58. The number of nitrogens with zero attached hydrogens (tertiary/aromatic N) is 2. The molecule has 24 heavy (non-hydrogen) atoms. The van der Waals surface area contributed by atoms with Crippen LogP contribution >= 0.6 is 11.3 Å². The Labute approximate surface area is 145 Å². The highest BCUT2D eigenvalue weighted by atomic mass is 32.1. The molecule has 3 aromatic rings. The number of thiophene rings is 1. The van der Waals surface area contributed by atoms with E-state index in [0.29, 0.717) is 0 Å². The molecule has 2 heterocycles. The summed E-state index contributed by atoms with van der Waals surface area (Å²) in [4.78, 5) is 13.0. The lowest BCUT2D eigenvalue weighted by molar-refractivity contribution is -0.116. The predicted octanol–water partition coefficient (Wildman–Crippen LogP) is 4.14. The van der Waals surface area contributed by atoms with Gasteiger partial charge < -0.3 is 5.32 Å². The molecule has 1 amide bonds. The Bertz CT molecular complexity index is 833. The van der Waals surface area contributed by atoms with Crippen LogP contribution in [0.25, 0.3) is 22.3 Å². The van der Waals surface area contributed by atoms with Crippen molar-refractivity contribution in [3.05, 3.63) is 65.7 Å². The fourth-order valence-electron chi connectivity index (χ4n) is 2.33. The number of amides is 1. The molecular weight excluding hydrogens is 318 g/mol. The van der Waals surface area contributed by atoms with Crippen molar-refractivity contribution in [1.29, 1.82) is 0 Å². The first kappa shape index (κ1) is 16.2. The van der Waals surface area contributed by atoms with Gasteiger partial charge in [0.1, 0.15) is 5.69 Å². The summed E-state index contributed by atoms with van der Waals surface area (Å²) in [6.45, 7) is 3.88. The number of hydrogen-bond donors (Lipinski definition) is 1. The maximum Gasteiger partial charge on any atom is 0.244 e.